The highest BCUT2D eigenvalue weighted by molar-refractivity contribution is 7.90. The van der Waals surface area contributed by atoms with Crippen LogP contribution in [0.15, 0.2) is 23.2 Å². The lowest BCUT2D eigenvalue weighted by Crippen LogP contribution is -2.42. The van der Waals surface area contributed by atoms with E-state index in [2.05, 4.69) is 15.6 Å². The molecule has 1 unspecified atom stereocenters. The van der Waals surface area contributed by atoms with E-state index < -0.39 is 15.7 Å². The Labute approximate surface area is 149 Å². The number of hydrogen-bond donors (Lipinski definition) is 2. The van der Waals surface area contributed by atoms with Crippen molar-refractivity contribution < 1.29 is 17.5 Å². The van der Waals surface area contributed by atoms with E-state index in [9.17, 15) is 12.8 Å². The average Bonchev–Trinajstić information content (AvgIpc) is 2.53. The normalized spacial score (nSPS) is 13.4. The van der Waals surface area contributed by atoms with Crippen LogP contribution in [0.4, 0.5) is 4.39 Å². The van der Waals surface area contributed by atoms with Gasteiger partial charge in [0.05, 0.1) is 18.9 Å². The van der Waals surface area contributed by atoms with Crippen LogP contribution in [-0.4, -0.2) is 45.6 Å². The zero-order valence-corrected chi connectivity index (χ0v) is 16.1. The molecule has 0 fully saturated rings. The Morgan fingerprint density at radius 3 is 2.64 bits per heavy atom. The summed E-state index contributed by atoms with van der Waals surface area (Å²) in [5, 5.41) is 6.26. The number of guanidine groups is 1. The van der Waals surface area contributed by atoms with Crippen LogP contribution in [-0.2, 0) is 16.4 Å². The largest absolute Gasteiger partial charge is 0.491 e. The Bertz CT molecular complexity index is 678. The summed E-state index contributed by atoms with van der Waals surface area (Å²) in [6, 6.07) is 4.72. The zero-order valence-electron chi connectivity index (χ0n) is 15.3. The summed E-state index contributed by atoms with van der Waals surface area (Å²) in [4.78, 5) is 4.42. The highest BCUT2D eigenvalue weighted by Crippen LogP contribution is 2.18. The van der Waals surface area contributed by atoms with Crippen molar-refractivity contribution in [3.63, 3.8) is 0 Å². The molecule has 1 aromatic carbocycles. The van der Waals surface area contributed by atoms with Gasteiger partial charge in [0.25, 0.3) is 0 Å². The van der Waals surface area contributed by atoms with Crippen LogP contribution in [0.5, 0.6) is 5.75 Å². The van der Waals surface area contributed by atoms with Crippen LogP contribution in [0.3, 0.4) is 0 Å². The summed E-state index contributed by atoms with van der Waals surface area (Å²) in [6.45, 7) is 7.02. The second kappa shape index (κ2) is 10.2. The van der Waals surface area contributed by atoms with E-state index in [1.165, 1.54) is 12.3 Å². The van der Waals surface area contributed by atoms with Gasteiger partial charge in [-0.2, -0.15) is 0 Å². The first-order chi connectivity index (χ1) is 11.7. The molecule has 0 aliphatic heterocycles. The van der Waals surface area contributed by atoms with Crippen LogP contribution in [0.2, 0.25) is 0 Å². The van der Waals surface area contributed by atoms with Gasteiger partial charge in [0.2, 0.25) is 0 Å². The van der Waals surface area contributed by atoms with Crippen molar-refractivity contribution >= 4 is 15.8 Å². The molecule has 1 atom stereocenters. The van der Waals surface area contributed by atoms with Crippen molar-refractivity contribution in [1.82, 2.24) is 10.6 Å². The van der Waals surface area contributed by atoms with Crippen molar-refractivity contribution in [3.8, 4) is 5.75 Å². The van der Waals surface area contributed by atoms with Crippen molar-refractivity contribution in [2.24, 2.45) is 4.99 Å². The van der Waals surface area contributed by atoms with E-state index in [0.717, 1.165) is 5.56 Å². The van der Waals surface area contributed by atoms with Gasteiger partial charge in [-0.3, -0.25) is 0 Å². The Balaban J connectivity index is 2.70. The van der Waals surface area contributed by atoms with Gasteiger partial charge in [-0.25, -0.2) is 17.8 Å². The van der Waals surface area contributed by atoms with Gasteiger partial charge in [0, 0.05) is 18.8 Å². The fourth-order valence-corrected chi connectivity index (χ4v) is 2.88. The van der Waals surface area contributed by atoms with E-state index >= 15 is 0 Å². The highest BCUT2D eigenvalue weighted by Gasteiger charge is 2.10. The lowest BCUT2D eigenvalue weighted by molar-refractivity contribution is 0.321. The summed E-state index contributed by atoms with van der Waals surface area (Å²) >= 11 is 0. The summed E-state index contributed by atoms with van der Waals surface area (Å²) in [7, 11) is -2.99. The van der Waals surface area contributed by atoms with E-state index in [4.69, 9.17) is 4.74 Å². The van der Waals surface area contributed by atoms with E-state index in [1.54, 1.807) is 19.1 Å². The quantitative estimate of drug-likeness (QED) is 0.512. The Morgan fingerprint density at radius 2 is 2.08 bits per heavy atom. The fourth-order valence-electron chi connectivity index (χ4n) is 2.10. The molecular formula is C17H28FN3O3S. The molecule has 0 amide bonds. The van der Waals surface area contributed by atoms with Crippen molar-refractivity contribution in [2.75, 3.05) is 25.2 Å². The molecule has 1 rings (SSSR count). The van der Waals surface area contributed by atoms with Gasteiger partial charge >= 0.3 is 0 Å². The van der Waals surface area contributed by atoms with E-state index in [1.807, 2.05) is 13.8 Å². The molecular weight excluding hydrogens is 345 g/mol. The second-order valence-electron chi connectivity index (χ2n) is 5.86. The maximum atomic E-state index is 13.9. The van der Waals surface area contributed by atoms with Gasteiger partial charge in [-0.15, -0.1) is 0 Å². The minimum Gasteiger partial charge on any atom is -0.491 e. The van der Waals surface area contributed by atoms with Crippen LogP contribution >= 0.6 is 0 Å². The third-order valence-electron chi connectivity index (χ3n) is 3.36. The SMILES string of the molecule is CCNC(=NCc1ccc(OCC)c(F)c1)NC(C)CCS(C)(=O)=O. The maximum absolute atomic E-state index is 13.9. The molecule has 0 spiro atoms. The lowest BCUT2D eigenvalue weighted by atomic mass is 10.2. The zero-order chi connectivity index (χ0) is 18.9. The van der Waals surface area contributed by atoms with Crippen LogP contribution in [0, 0.1) is 5.82 Å². The lowest BCUT2D eigenvalue weighted by Gasteiger charge is -2.17. The number of ether oxygens (including phenoxy) is 1. The number of sulfone groups is 1. The minimum atomic E-state index is -2.99. The van der Waals surface area contributed by atoms with Gasteiger partial charge in [0.1, 0.15) is 9.84 Å². The maximum Gasteiger partial charge on any atom is 0.191 e. The number of halogens is 1. The number of hydrogen-bond acceptors (Lipinski definition) is 4. The Hall–Kier alpha value is -1.83. The molecule has 0 aliphatic rings. The van der Waals surface area contributed by atoms with Gasteiger partial charge < -0.3 is 15.4 Å². The van der Waals surface area contributed by atoms with Crippen LogP contribution < -0.4 is 15.4 Å². The smallest absolute Gasteiger partial charge is 0.191 e. The number of nitrogens with one attached hydrogen (secondary N) is 2. The molecule has 1 aromatic rings. The Morgan fingerprint density at radius 1 is 1.36 bits per heavy atom. The molecule has 0 saturated carbocycles. The van der Waals surface area contributed by atoms with Crippen molar-refractivity contribution in [2.45, 2.75) is 39.8 Å². The van der Waals surface area contributed by atoms with Crippen LogP contribution in [0.1, 0.15) is 32.8 Å². The van der Waals surface area contributed by atoms with E-state index in [0.29, 0.717) is 32.1 Å². The number of rotatable bonds is 9. The molecule has 0 aliphatic carbocycles. The molecule has 0 heterocycles. The van der Waals surface area contributed by atoms with Crippen molar-refractivity contribution in [3.05, 3.63) is 29.6 Å². The number of benzene rings is 1. The predicted molar refractivity (Wildman–Crippen MR) is 99.3 cm³/mol. The molecule has 2 N–H and O–H groups in total. The summed E-state index contributed by atoms with van der Waals surface area (Å²) in [5.41, 5.74) is 0.724. The molecule has 142 valence electrons. The molecule has 25 heavy (non-hydrogen) atoms. The number of nitrogens with zero attached hydrogens (tertiary/aromatic N) is 1. The Kier molecular flexibility index (Phi) is 8.68. The number of aliphatic imine (C=N–C) groups is 1. The molecule has 0 radical (unpaired) electrons. The van der Waals surface area contributed by atoms with Gasteiger partial charge in [0.15, 0.2) is 17.5 Å². The fraction of sp³-hybridized carbons (Fsp3) is 0.588. The molecule has 8 heteroatoms. The standard InChI is InChI=1S/C17H28FN3O3S/c1-5-19-17(21-13(3)9-10-25(4,22)23)20-12-14-7-8-16(24-6-2)15(18)11-14/h7-8,11,13H,5-6,9-10,12H2,1-4H3,(H2,19,20,21). The predicted octanol–water partition coefficient (Wildman–Crippen LogP) is 2.10. The molecule has 0 aromatic heterocycles. The van der Waals surface area contributed by atoms with Gasteiger partial charge in [-0.05, 0) is 44.9 Å². The van der Waals surface area contributed by atoms with Crippen LogP contribution in [0.25, 0.3) is 0 Å². The third kappa shape index (κ3) is 8.72. The third-order valence-corrected chi connectivity index (χ3v) is 4.34. The monoisotopic (exact) mass is 373 g/mol. The summed E-state index contributed by atoms with van der Waals surface area (Å²) < 4.78 is 41.5. The van der Waals surface area contributed by atoms with Gasteiger partial charge in [-0.1, -0.05) is 6.07 Å². The summed E-state index contributed by atoms with van der Waals surface area (Å²) in [5.74, 6) is 0.506. The first kappa shape index (κ1) is 21.2. The summed E-state index contributed by atoms with van der Waals surface area (Å²) in [6.07, 6.45) is 1.71. The first-order valence-corrected chi connectivity index (χ1v) is 10.4. The molecule has 0 bridgehead atoms. The molecule has 6 nitrogen and oxygen atoms in total. The second-order valence-corrected chi connectivity index (χ2v) is 8.12. The van der Waals surface area contributed by atoms with Crippen molar-refractivity contribution in [1.29, 1.82) is 0 Å². The van der Waals surface area contributed by atoms with E-state index in [-0.39, 0.29) is 17.5 Å². The molecule has 0 saturated heterocycles. The average molecular weight is 373 g/mol. The highest BCUT2D eigenvalue weighted by atomic mass is 32.2. The first-order valence-electron chi connectivity index (χ1n) is 8.39. The topological polar surface area (TPSA) is 79.8 Å². The minimum absolute atomic E-state index is 0.0513.